The minimum Gasteiger partial charge on any atom is -0.432 e. The molecule has 0 radical (unpaired) electrons. The highest BCUT2D eigenvalue weighted by molar-refractivity contribution is 8.03. The first-order valence-electron chi connectivity index (χ1n) is 10.7. The molecule has 7 unspecified atom stereocenters. The summed E-state index contributed by atoms with van der Waals surface area (Å²) < 4.78 is 11.1. The van der Waals surface area contributed by atoms with Crippen molar-refractivity contribution in [2.45, 2.75) is 69.1 Å². The minimum absolute atomic E-state index is 0.0259. The summed E-state index contributed by atoms with van der Waals surface area (Å²) >= 11 is 1.58. The van der Waals surface area contributed by atoms with Crippen LogP contribution in [0, 0.1) is 11.8 Å². The topological polar surface area (TPSA) is 90.6 Å². The van der Waals surface area contributed by atoms with Crippen LogP contribution < -0.4 is 11.1 Å². The fourth-order valence-corrected chi connectivity index (χ4v) is 6.16. The Kier molecular flexibility index (Phi) is 6.11. The van der Waals surface area contributed by atoms with E-state index in [0.29, 0.717) is 6.42 Å². The number of fused-ring (bicyclic) bond motifs is 3. The van der Waals surface area contributed by atoms with Crippen LogP contribution in [0.5, 0.6) is 0 Å². The van der Waals surface area contributed by atoms with Gasteiger partial charge in [-0.25, -0.2) is 4.79 Å². The van der Waals surface area contributed by atoms with Crippen molar-refractivity contribution in [3.63, 3.8) is 0 Å². The van der Waals surface area contributed by atoms with Gasteiger partial charge in [0.25, 0.3) is 0 Å². The number of rotatable bonds is 4. The van der Waals surface area contributed by atoms with E-state index in [1.54, 1.807) is 11.8 Å². The third-order valence-electron chi connectivity index (χ3n) is 6.37. The molecule has 2 heterocycles. The molecule has 0 bridgehead atoms. The van der Waals surface area contributed by atoms with Crippen LogP contribution in [0.3, 0.4) is 0 Å². The quantitative estimate of drug-likeness (QED) is 0.705. The van der Waals surface area contributed by atoms with Crippen molar-refractivity contribution in [2.24, 2.45) is 17.6 Å². The van der Waals surface area contributed by atoms with Crippen LogP contribution in [0.4, 0.5) is 4.79 Å². The Morgan fingerprint density at radius 1 is 1.20 bits per heavy atom. The van der Waals surface area contributed by atoms with Crippen molar-refractivity contribution in [3.05, 3.63) is 46.9 Å². The average Bonchev–Trinajstić information content (AvgIpc) is 3.18. The molecule has 1 saturated heterocycles. The van der Waals surface area contributed by atoms with Crippen molar-refractivity contribution in [1.29, 1.82) is 0 Å². The number of carbonyl (C=O) groups is 2. The van der Waals surface area contributed by atoms with E-state index in [1.807, 2.05) is 38.3 Å². The molecule has 3 aliphatic rings. The summed E-state index contributed by atoms with van der Waals surface area (Å²) in [5, 5.41) is 5.15. The molecule has 6 nitrogen and oxygen atoms in total. The monoisotopic (exact) mass is 430 g/mol. The number of carbonyl (C=O) groups excluding carboxylic acids is 2. The Labute approximate surface area is 181 Å². The zero-order valence-electron chi connectivity index (χ0n) is 17.6. The van der Waals surface area contributed by atoms with Gasteiger partial charge in [-0.1, -0.05) is 30.3 Å². The van der Waals surface area contributed by atoms with Gasteiger partial charge in [-0.3, -0.25) is 4.79 Å². The van der Waals surface area contributed by atoms with Crippen LogP contribution >= 0.6 is 11.8 Å². The molecule has 0 spiro atoms. The number of benzene rings is 1. The fraction of sp³-hybridized carbons (Fsp3) is 0.565. The van der Waals surface area contributed by atoms with Crippen molar-refractivity contribution >= 4 is 23.8 Å². The van der Waals surface area contributed by atoms with Crippen LogP contribution in [0.25, 0.3) is 0 Å². The van der Waals surface area contributed by atoms with Gasteiger partial charge in [-0.2, -0.15) is 0 Å². The first-order valence-corrected chi connectivity index (χ1v) is 11.6. The zero-order valence-corrected chi connectivity index (χ0v) is 18.4. The van der Waals surface area contributed by atoms with Gasteiger partial charge in [-0.15, -0.1) is 11.8 Å². The summed E-state index contributed by atoms with van der Waals surface area (Å²) in [5.41, 5.74) is 8.20. The van der Waals surface area contributed by atoms with Crippen LogP contribution in [-0.4, -0.2) is 35.6 Å². The predicted molar refractivity (Wildman–Crippen MR) is 117 cm³/mol. The number of nitrogens with two attached hydrogens (primary N) is 1. The second-order valence-electron chi connectivity index (χ2n) is 8.79. The molecular weight excluding hydrogens is 400 g/mol. The number of hydrogen-bond donors (Lipinski definition) is 2. The Morgan fingerprint density at radius 2 is 1.93 bits per heavy atom. The van der Waals surface area contributed by atoms with Gasteiger partial charge in [0, 0.05) is 23.9 Å². The van der Waals surface area contributed by atoms with Gasteiger partial charge in [-0.05, 0) is 56.1 Å². The van der Waals surface area contributed by atoms with Crippen LogP contribution in [-0.2, 0) is 14.3 Å². The lowest BCUT2D eigenvalue weighted by Crippen LogP contribution is -2.60. The largest absolute Gasteiger partial charge is 0.508 e. The number of thioether (sulfide) groups is 1. The number of ether oxygens (including phenoxy) is 2. The molecule has 1 aliphatic carbocycles. The summed E-state index contributed by atoms with van der Waals surface area (Å²) in [6.07, 6.45) is 2.47. The van der Waals surface area contributed by atoms with Gasteiger partial charge >= 0.3 is 6.16 Å². The second-order valence-corrected chi connectivity index (χ2v) is 9.84. The SMILES string of the molecule is CC(C)OC(=O)OC1CCC2NC(=O)C3SC=CC3C2C1c1ccc(C(C)N)cc1. The number of allylic oxidation sites excluding steroid dienone is 1. The summed E-state index contributed by atoms with van der Waals surface area (Å²) in [4.78, 5) is 24.9. The van der Waals surface area contributed by atoms with Crippen molar-refractivity contribution in [3.8, 4) is 0 Å². The molecule has 0 aromatic heterocycles. The van der Waals surface area contributed by atoms with Crippen molar-refractivity contribution in [1.82, 2.24) is 5.32 Å². The Balaban J connectivity index is 1.68. The smallest absolute Gasteiger partial charge is 0.432 e. The Bertz CT molecular complexity index is 823. The van der Waals surface area contributed by atoms with E-state index in [1.165, 1.54) is 0 Å². The second kappa shape index (κ2) is 8.63. The van der Waals surface area contributed by atoms with Gasteiger partial charge in [0.05, 0.1) is 11.4 Å². The zero-order chi connectivity index (χ0) is 21.4. The number of piperidine rings is 1. The van der Waals surface area contributed by atoms with E-state index in [2.05, 4.69) is 23.5 Å². The molecule has 1 saturated carbocycles. The van der Waals surface area contributed by atoms with E-state index in [4.69, 9.17) is 15.2 Å². The normalized spacial score (nSPS) is 33.4. The van der Waals surface area contributed by atoms with Gasteiger partial charge in [0.1, 0.15) is 6.10 Å². The molecule has 3 N–H and O–H groups in total. The molecular formula is C23H30N2O4S. The first-order chi connectivity index (χ1) is 14.3. The maximum absolute atomic E-state index is 12.6. The van der Waals surface area contributed by atoms with E-state index in [9.17, 15) is 9.59 Å². The summed E-state index contributed by atoms with van der Waals surface area (Å²) in [7, 11) is 0. The first kappa shape index (κ1) is 21.2. The summed E-state index contributed by atoms with van der Waals surface area (Å²) in [5.74, 6) is 0.369. The molecule has 1 aromatic carbocycles. The Hall–Kier alpha value is -1.99. The molecule has 30 heavy (non-hydrogen) atoms. The molecule has 2 fully saturated rings. The Morgan fingerprint density at radius 3 is 2.60 bits per heavy atom. The highest BCUT2D eigenvalue weighted by Gasteiger charge is 2.53. The molecule has 2 aliphatic heterocycles. The highest BCUT2D eigenvalue weighted by Crippen LogP contribution is 2.51. The lowest BCUT2D eigenvalue weighted by molar-refractivity contribution is -0.127. The lowest BCUT2D eigenvalue weighted by Gasteiger charge is -2.49. The summed E-state index contributed by atoms with van der Waals surface area (Å²) in [6.45, 7) is 5.58. The number of hydrogen-bond acceptors (Lipinski definition) is 6. The minimum atomic E-state index is -0.626. The van der Waals surface area contributed by atoms with Gasteiger partial charge in [0.2, 0.25) is 5.91 Å². The van der Waals surface area contributed by atoms with E-state index in [-0.39, 0.29) is 53.2 Å². The lowest BCUT2D eigenvalue weighted by atomic mass is 9.63. The fourth-order valence-electron chi connectivity index (χ4n) is 5.07. The molecule has 1 aromatic rings. The maximum atomic E-state index is 12.6. The standard InChI is InChI=1S/C23H30N2O4S/c1-12(2)28-23(27)29-18-9-8-17-20(16-10-11-30-21(16)22(26)25-17)19(18)15-6-4-14(5-7-15)13(3)24/h4-7,10-13,16-21H,8-9,24H2,1-3H3,(H,25,26). The molecule has 7 heteroatoms. The van der Waals surface area contributed by atoms with Crippen molar-refractivity contribution < 1.29 is 19.1 Å². The number of nitrogens with one attached hydrogen (secondary N) is 1. The van der Waals surface area contributed by atoms with Gasteiger partial charge in [0.15, 0.2) is 0 Å². The van der Waals surface area contributed by atoms with E-state index in [0.717, 1.165) is 17.5 Å². The molecule has 162 valence electrons. The number of amides is 1. The van der Waals surface area contributed by atoms with Crippen LogP contribution in [0.2, 0.25) is 0 Å². The van der Waals surface area contributed by atoms with Crippen LogP contribution in [0.15, 0.2) is 35.7 Å². The maximum Gasteiger partial charge on any atom is 0.508 e. The molecule has 4 rings (SSSR count). The van der Waals surface area contributed by atoms with E-state index >= 15 is 0 Å². The highest BCUT2D eigenvalue weighted by atomic mass is 32.2. The average molecular weight is 431 g/mol. The summed E-state index contributed by atoms with van der Waals surface area (Å²) in [6, 6.07) is 8.30. The van der Waals surface area contributed by atoms with Crippen molar-refractivity contribution in [2.75, 3.05) is 0 Å². The molecule has 7 atom stereocenters. The molecule has 1 amide bonds. The predicted octanol–water partition coefficient (Wildman–Crippen LogP) is 3.87. The third-order valence-corrected chi connectivity index (χ3v) is 7.51. The van der Waals surface area contributed by atoms with Crippen LogP contribution in [0.1, 0.15) is 56.7 Å². The van der Waals surface area contributed by atoms with E-state index < -0.39 is 6.16 Å². The van der Waals surface area contributed by atoms with Gasteiger partial charge < -0.3 is 20.5 Å². The third kappa shape index (κ3) is 4.10.